The second kappa shape index (κ2) is 8.58. The Bertz CT molecular complexity index is 748. The fourth-order valence-corrected chi connectivity index (χ4v) is 3.59. The van der Waals surface area contributed by atoms with Crippen molar-refractivity contribution < 1.29 is 32.6 Å². The number of rotatable bonds is 7. The molecule has 1 amide bonds. The Morgan fingerprint density at radius 2 is 1.96 bits per heavy atom. The number of aliphatic carboxylic acids is 1. The average Bonchev–Trinajstić information content (AvgIpc) is 2.60. The third kappa shape index (κ3) is 5.01. The Kier molecular flexibility index (Phi) is 6.70. The zero-order chi connectivity index (χ0) is 19.3. The number of sulfonamides is 1. The minimum atomic E-state index is -3.68. The van der Waals surface area contributed by atoms with Gasteiger partial charge in [-0.25, -0.2) is 17.9 Å². The van der Waals surface area contributed by atoms with Crippen LogP contribution in [0.1, 0.15) is 17.3 Å². The lowest BCUT2D eigenvalue weighted by atomic mass is 10.1. The van der Waals surface area contributed by atoms with Gasteiger partial charge < -0.3 is 19.5 Å². The van der Waals surface area contributed by atoms with Crippen molar-refractivity contribution in [2.24, 2.45) is 0 Å². The molecule has 0 spiro atoms. The lowest BCUT2D eigenvalue weighted by molar-refractivity contribution is -0.160. The van der Waals surface area contributed by atoms with Crippen molar-refractivity contribution >= 4 is 21.9 Å². The van der Waals surface area contributed by atoms with Crippen molar-refractivity contribution in [3.8, 4) is 0 Å². The molecule has 0 radical (unpaired) electrons. The van der Waals surface area contributed by atoms with Gasteiger partial charge in [-0.2, -0.15) is 0 Å². The smallest absolute Gasteiger partial charge is 0.334 e. The van der Waals surface area contributed by atoms with E-state index in [2.05, 4.69) is 4.72 Å². The van der Waals surface area contributed by atoms with Crippen molar-refractivity contribution in [3.63, 3.8) is 0 Å². The third-order valence-electron chi connectivity index (χ3n) is 3.83. The quantitative estimate of drug-likeness (QED) is 0.629. The highest BCUT2D eigenvalue weighted by atomic mass is 32.2. The summed E-state index contributed by atoms with van der Waals surface area (Å²) in [5.41, 5.74) is 0.277. The molecule has 1 heterocycles. The standard InChI is InChI=1S/C16H22N2O7S/c1-11-9-18(10-14(25-11)16(20)21)15(19)12-3-5-13(6-4-12)26(22,23)17-7-8-24-2/h3-6,11,14,17H,7-10H2,1-2H3,(H,20,21)/t11-,14?/m1/s1. The molecule has 10 heteroatoms. The van der Waals surface area contributed by atoms with Gasteiger partial charge in [0.25, 0.3) is 5.91 Å². The van der Waals surface area contributed by atoms with Crippen LogP contribution in [0, 0.1) is 0 Å². The first-order valence-corrected chi connectivity index (χ1v) is 9.49. The highest BCUT2D eigenvalue weighted by Gasteiger charge is 2.33. The molecule has 0 bridgehead atoms. The van der Waals surface area contributed by atoms with E-state index in [9.17, 15) is 18.0 Å². The summed E-state index contributed by atoms with van der Waals surface area (Å²) in [6.07, 6.45) is -1.48. The zero-order valence-electron chi connectivity index (χ0n) is 14.5. The molecule has 1 aliphatic rings. The van der Waals surface area contributed by atoms with Crippen molar-refractivity contribution in [2.75, 3.05) is 33.4 Å². The van der Waals surface area contributed by atoms with E-state index in [4.69, 9.17) is 14.6 Å². The number of nitrogens with zero attached hydrogens (tertiary/aromatic N) is 1. The summed E-state index contributed by atoms with van der Waals surface area (Å²) >= 11 is 0. The van der Waals surface area contributed by atoms with Gasteiger partial charge in [-0.3, -0.25) is 4.79 Å². The normalized spacial score (nSPS) is 20.8. The summed E-state index contributed by atoms with van der Waals surface area (Å²) in [6, 6.07) is 5.48. The highest BCUT2D eigenvalue weighted by molar-refractivity contribution is 7.89. The van der Waals surface area contributed by atoms with Gasteiger partial charge in [-0.05, 0) is 31.2 Å². The molecule has 1 aromatic carbocycles. The molecule has 0 aromatic heterocycles. The maximum absolute atomic E-state index is 12.6. The molecule has 1 fully saturated rings. The number of carbonyl (C=O) groups excluding carboxylic acids is 1. The number of methoxy groups -OCH3 is 1. The number of hydrogen-bond acceptors (Lipinski definition) is 6. The largest absolute Gasteiger partial charge is 0.479 e. The lowest BCUT2D eigenvalue weighted by Gasteiger charge is -2.35. The minimum Gasteiger partial charge on any atom is -0.479 e. The predicted molar refractivity (Wildman–Crippen MR) is 91.4 cm³/mol. The fourth-order valence-electron chi connectivity index (χ4n) is 2.57. The molecule has 1 aliphatic heterocycles. The number of benzene rings is 1. The van der Waals surface area contributed by atoms with E-state index < -0.39 is 28.2 Å². The first-order chi connectivity index (χ1) is 12.2. The monoisotopic (exact) mass is 386 g/mol. The molecule has 1 aromatic rings. The summed E-state index contributed by atoms with van der Waals surface area (Å²) in [6.45, 7) is 2.28. The summed E-state index contributed by atoms with van der Waals surface area (Å²) in [7, 11) is -2.21. The number of amides is 1. The van der Waals surface area contributed by atoms with Gasteiger partial charge in [0.05, 0.1) is 24.2 Å². The van der Waals surface area contributed by atoms with Gasteiger partial charge in [0.2, 0.25) is 10.0 Å². The van der Waals surface area contributed by atoms with E-state index in [1.54, 1.807) is 6.92 Å². The Hall–Kier alpha value is -2.01. The van der Waals surface area contributed by atoms with Gasteiger partial charge in [0.1, 0.15) is 0 Å². The number of ether oxygens (including phenoxy) is 2. The van der Waals surface area contributed by atoms with Crippen LogP contribution < -0.4 is 4.72 Å². The lowest BCUT2D eigenvalue weighted by Crippen LogP contribution is -2.51. The van der Waals surface area contributed by atoms with Crippen LogP contribution in [0.4, 0.5) is 0 Å². The second-order valence-corrected chi connectivity index (χ2v) is 7.67. The van der Waals surface area contributed by atoms with Crippen LogP contribution >= 0.6 is 0 Å². The SMILES string of the molecule is COCCNS(=O)(=O)c1ccc(C(=O)N2CC(C(=O)O)O[C@H](C)C2)cc1. The summed E-state index contributed by atoms with van der Waals surface area (Å²) in [4.78, 5) is 25.1. The topological polar surface area (TPSA) is 122 Å². The van der Waals surface area contributed by atoms with Crippen molar-refractivity contribution in [1.29, 1.82) is 0 Å². The first-order valence-electron chi connectivity index (χ1n) is 8.01. The van der Waals surface area contributed by atoms with Crippen molar-refractivity contribution in [1.82, 2.24) is 9.62 Å². The van der Waals surface area contributed by atoms with Crippen LogP contribution in [0.2, 0.25) is 0 Å². The van der Waals surface area contributed by atoms with Crippen molar-refractivity contribution in [3.05, 3.63) is 29.8 Å². The van der Waals surface area contributed by atoms with E-state index in [1.807, 2.05) is 0 Å². The number of carbonyl (C=O) groups is 2. The molecule has 0 saturated carbocycles. The summed E-state index contributed by atoms with van der Waals surface area (Å²) < 4.78 is 36.7. The highest BCUT2D eigenvalue weighted by Crippen LogP contribution is 2.17. The van der Waals surface area contributed by atoms with E-state index in [0.29, 0.717) is 0 Å². The number of morpholine rings is 1. The van der Waals surface area contributed by atoms with Crippen LogP contribution in [0.3, 0.4) is 0 Å². The van der Waals surface area contributed by atoms with E-state index in [-0.39, 0.29) is 42.6 Å². The fraction of sp³-hybridized carbons (Fsp3) is 0.500. The summed E-state index contributed by atoms with van der Waals surface area (Å²) in [5, 5.41) is 9.10. The Labute approximate surface area is 151 Å². The first kappa shape index (κ1) is 20.3. The molecule has 9 nitrogen and oxygen atoms in total. The number of carboxylic acid groups (broad SMARTS) is 1. The van der Waals surface area contributed by atoms with Gasteiger partial charge in [0, 0.05) is 25.8 Å². The number of carboxylic acids is 1. The van der Waals surface area contributed by atoms with Crippen LogP contribution in [0.25, 0.3) is 0 Å². The molecule has 2 atom stereocenters. The van der Waals surface area contributed by atoms with Gasteiger partial charge >= 0.3 is 5.97 Å². The minimum absolute atomic E-state index is 0.0314. The van der Waals surface area contributed by atoms with E-state index >= 15 is 0 Å². The van der Waals surface area contributed by atoms with Gasteiger partial charge in [-0.15, -0.1) is 0 Å². The molecule has 0 aliphatic carbocycles. The van der Waals surface area contributed by atoms with Crippen LogP contribution in [-0.2, 0) is 24.3 Å². The molecule has 1 saturated heterocycles. The molecule has 144 valence electrons. The molecule has 26 heavy (non-hydrogen) atoms. The second-order valence-electron chi connectivity index (χ2n) is 5.90. The average molecular weight is 386 g/mol. The third-order valence-corrected chi connectivity index (χ3v) is 5.31. The zero-order valence-corrected chi connectivity index (χ0v) is 15.4. The Morgan fingerprint density at radius 1 is 1.31 bits per heavy atom. The Morgan fingerprint density at radius 3 is 2.54 bits per heavy atom. The maximum atomic E-state index is 12.6. The number of nitrogens with one attached hydrogen (secondary N) is 1. The van der Waals surface area contributed by atoms with Crippen LogP contribution in [0.15, 0.2) is 29.2 Å². The van der Waals surface area contributed by atoms with Crippen LogP contribution in [0.5, 0.6) is 0 Å². The maximum Gasteiger partial charge on any atom is 0.334 e. The molecule has 1 unspecified atom stereocenters. The van der Waals surface area contributed by atoms with Gasteiger partial charge in [0.15, 0.2) is 6.10 Å². The molecular weight excluding hydrogens is 364 g/mol. The van der Waals surface area contributed by atoms with Gasteiger partial charge in [-0.1, -0.05) is 0 Å². The number of hydrogen-bond donors (Lipinski definition) is 2. The van der Waals surface area contributed by atoms with E-state index in [1.165, 1.54) is 36.3 Å². The molecular formula is C16H22N2O7S. The summed E-state index contributed by atoms with van der Waals surface area (Å²) in [5.74, 6) is -1.50. The van der Waals surface area contributed by atoms with E-state index in [0.717, 1.165) is 0 Å². The Balaban J connectivity index is 2.10. The predicted octanol–water partition coefficient (Wildman–Crippen LogP) is -0.0746. The molecule has 2 N–H and O–H groups in total. The molecule has 2 rings (SSSR count). The van der Waals surface area contributed by atoms with Crippen molar-refractivity contribution in [2.45, 2.75) is 24.0 Å². The van der Waals surface area contributed by atoms with Crippen LogP contribution in [-0.4, -0.2) is 75.9 Å².